The topological polar surface area (TPSA) is 105 Å². The Morgan fingerprint density at radius 2 is 1.14 bits per heavy atom. The predicted octanol–water partition coefficient (Wildman–Crippen LogP) is -0.186. The van der Waals surface area contributed by atoms with Gasteiger partial charge in [-0.1, -0.05) is 12.8 Å². The van der Waals surface area contributed by atoms with Crippen molar-refractivity contribution in [2.45, 2.75) is 25.7 Å². The average Bonchev–Trinajstić information content (AvgIpc) is 2.49. The first-order valence-corrected chi connectivity index (χ1v) is 7.72. The molecule has 0 aromatic carbocycles. The van der Waals surface area contributed by atoms with Gasteiger partial charge in [0.15, 0.2) is 0 Å². The largest absolute Gasteiger partial charge is 0.395 e. The fourth-order valence-electron chi connectivity index (χ4n) is 1.77. The Balaban J connectivity index is 3.44. The summed E-state index contributed by atoms with van der Waals surface area (Å²) in [5.41, 5.74) is 0. The standard InChI is InChI=1S/C14H30N4O4/c1-17(9-11-19)13(21)15-7-5-3-4-6-8-16-14(22)18(2)10-12-20/h19-20H,3-12H2,1-2H3,(H,15,21)(H,16,22). The smallest absolute Gasteiger partial charge is 0.317 e. The number of unbranched alkanes of at least 4 members (excludes halogenated alkanes) is 3. The van der Waals surface area contributed by atoms with Gasteiger partial charge in [0.1, 0.15) is 0 Å². The van der Waals surface area contributed by atoms with Gasteiger partial charge in [-0.2, -0.15) is 0 Å². The van der Waals surface area contributed by atoms with Gasteiger partial charge < -0.3 is 30.6 Å². The number of amides is 4. The number of carbonyl (C=O) groups excluding carboxylic acids is 2. The molecule has 0 aliphatic carbocycles. The Labute approximate surface area is 132 Å². The highest BCUT2D eigenvalue weighted by atomic mass is 16.3. The molecule has 0 aromatic rings. The molecule has 0 aliphatic rings. The first-order valence-electron chi connectivity index (χ1n) is 7.72. The first kappa shape index (κ1) is 20.5. The van der Waals surface area contributed by atoms with Crippen molar-refractivity contribution in [3.05, 3.63) is 0 Å². The first-order chi connectivity index (χ1) is 10.5. The lowest BCUT2D eigenvalue weighted by atomic mass is 10.2. The van der Waals surface area contributed by atoms with Crippen molar-refractivity contribution >= 4 is 12.1 Å². The van der Waals surface area contributed by atoms with Crippen LogP contribution in [0.15, 0.2) is 0 Å². The Bertz CT molecular complexity index is 285. The van der Waals surface area contributed by atoms with Crippen molar-refractivity contribution in [2.75, 3.05) is 53.5 Å². The van der Waals surface area contributed by atoms with Gasteiger partial charge in [-0.25, -0.2) is 9.59 Å². The molecule has 0 aromatic heterocycles. The van der Waals surface area contributed by atoms with Gasteiger partial charge in [-0.3, -0.25) is 0 Å². The van der Waals surface area contributed by atoms with Crippen LogP contribution < -0.4 is 10.6 Å². The van der Waals surface area contributed by atoms with Gasteiger partial charge in [-0.15, -0.1) is 0 Å². The summed E-state index contributed by atoms with van der Waals surface area (Å²) < 4.78 is 0. The maximum atomic E-state index is 11.5. The van der Waals surface area contributed by atoms with Gasteiger partial charge in [0.05, 0.1) is 13.2 Å². The Hall–Kier alpha value is -1.54. The van der Waals surface area contributed by atoms with E-state index in [4.69, 9.17) is 10.2 Å². The predicted molar refractivity (Wildman–Crippen MR) is 84.7 cm³/mol. The minimum atomic E-state index is -0.173. The van der Waals surface area contributed by atoms with Crippen LogP contribution in [0.3, 0.4) is 0 Å². The van der Waals surface area contributed by atoms with Crippen LogP contribution in [0, 0.1) is 0 Å². The SMILES string of the molecule is CN(CCO)C(=O)NCCCCCCNC(=O)N(C)CCO. The number of carbonyl (C=O) groups is 2. The zero-order valence-corrected chi connectivity index (χ0v) is 13.7. The van der Waals surface area contributed by atoms with E-state index in [1.54, 1.807) is 14.1 Å². The molecule has 0 saturated heterocycles. The highest BCUT2D eigenvalue weighted by Gasteiger charge is 2.06. The van der Waals surface area contributed by atoms with Crippen molar-refractivity contribution in [2.24, 2.45) is 0 Å². The average molecular weight is 318 g/mol. The molecule has 130 valence electrons. The van der Waals surface area contributed by atoms with E-state index in [1.165, 1.54) is 9.80 Å². The molecule has 0 fully saturated rings. The van der Waals surface area contributed by atoms with E-state index < -0.39 is 0 Å². The summed E-state index contributed by atoms with van der Waals surface area (Å²) in [7, 11) is 3.28. The van der Waals surface area contributed by atoms with Gasteiger partial charge in [-0.05, 0) is 12.8 Å². The Morgan fingerprint density at radius 3 is 1.45 bits per heavy atom. The summed E-state index contributed by atoms with van der Waals surface area (Å²) in [6.07, 6.45) is 3.73. The minimum Gasteiger partial charge on any atom is -0.395 e. The van der Waals surface area contributed by atoms with Crippen LogP contribution in [-0.4, -0.2) is 85.6 Å². The maximum absolute atomic E-state index is 11.5. The third kappa shape index (κ3) is 10.2. The normalized spacial score (nSPS) is 10.2. The van der Waals surface area contributed by atoms with Crippen molar-refractivity contribution in [1.82, 2.24) is 20.4 Å². The van der Waals surface area contributed by atoms with Crippen molar-refractivity contribution in [3.63, 3.8) is 0 Å². The van der Waals surface area contributed by atoms with E-state index in [2.05, 4.69) is 10.6 Å². The second kappa shape index (κ2) is 13.1. The van der Waals surface area contributed by atoms with E-state index in [0.717, 1.165) is 25.7 Å². The third-order valence-corrected chi connectivity index (χ3v) is 3.22. The molecule has 0 spiro atoms. The maximum Gasteiger partial charge on any atom is 0.317 e. The van der Waals surface area contributed by atoms with Crippen LogP contribution in [0.4, 0.5) is 9.59 Å². The van der Waals surface area contributed by atoms with Crippen molar-refractivity contribution in [1.29, 1.82) is 0 Å². The fourth-order valence-corrected chi connectivity index (χ4v) is 1.77. The molecule has 8 nitrogen and oxygen atoms in total. The molecule has 0 saturated carbocycles. The number of likely N-dealkylation sites (N-methyl/N-ethyl adjacent to an activating group) is 2. The number of nitrogens with one attached hydrogen (secondary N) is 2. The van der Waals surface area contributed by atoms with Gasteiger partial charge in [0.2, 0.25) is 0 Å². The van der Waals surface area contributed by atoms with E-state index in [-0.39, 0.29) is 25.3 Å². The molecular weight excluding hydrogens is 288 g/mol. The lowest BCUT2D eigenvalue weighted by molar-refractivity contribution is 0.190. The number of urea groups is 2. The number of hydrogen-bond acceptors (Lipinski definition) is 4. The van der Waals surface area contributed by atoms with Crippen LogP contribution in [-0.2, 0) is 0 Å². The van der Waals surface area contributed by atoms with Gasteiger partial charge in [0, 0.05) is 40.3 Å². The van der Waals surface area contributed by atoms with Crippen LogP contribution in [0.1, 0.15) is 25.7 Å². The summed E-state index contributed by atoms with van der Waals surface area (Å²) >= 11 is 0. The lowest BCUT2D eigenvalue weighted by Crippen LogP contribution is -2.39. The summed E-state index contributed by atoms with van der Waals surface area (Å²) in [6, 6.07) is -0.346. The molecule has 0 heterocycles. The Morgan fingerprint density at radius 1 is 0.773 bits per heavy atom. The number of nitrogens with zero attached hydrogens (tertiary/aromatic N) is 2. The van der Waals surface area contributed by atoms with Gasteiger partial charge >= 0.3 is 12.1 Å². The summed E-state index contributed by atoms with van der Waals surface area (Å²) in [6.45, 7) is 1.80. The molecule has 0 rings (SSSR count). The van der Waals surface area contributed by atoms with Crippen LogP contribution in [0.5, 0.6) is 0 Å². The summed E-state index contributed by atoms with van der Waals surface area (Å²) in [4.78, 5) is 25.9. The molecule has 4 N–H and O–H groups in total. The second-order valence-corrected chi connectivity index (χ2v) is 5.17. The lowest BCUT2D eigenvalue weighted by Gasteiger charge is -2.17. The van der Waals surface area contributed by atoms with Crippen molar-refractivity contribution in [3.8, 4) is 0 Å². The van der Waals surface area contributed by atoms with Crippen LogP contribution in [0.25, 0.3) is 0 Å². The number of aliphatic hydroxyl groups is 2. The highest BCUT2D eigenvalue weighted by molar-refractivity contribution is 5.74. The quantitative estimate of drug-likeness (QED) is 0.396. The summed E-state index contributed by atoms with van der Waals surface area (Å²) in [5.74, 6) is 0. The van der Waals surface area contributed by atoms with E-state index in [0.29, 0.717) is 26.2 Å². The number of aliphatic hydroxyl groups excluding tert-OH is 2. The van der Waals surface area contributed by atoms with Crippen molar-refractivity contribution < 1.29 is 19.8 Å². The number of hydrogen-bond donors (Lipinski definition) is 4. The van der Waals surface area contributed by atoms with E-state index in [9.17, 15) is 9.59 Å². The monoisotopic (exact) mass is 318 g/mol. The molecule has 0 aliphatic heterocycles. The van der Waals surface area contributed by atoms with Crippen LogP contribution in [0.2, 0.25) is 0 Å². The molecule has 0 radical (unpaired) electrons. The second-order valence-electron chi connectivity index (χ2n) is 5.17. The van der Waals surface area contributed by atoms with Crippen LogP contribution >= 0.6 is 0 Å². The highest BCUT2D eigenvalue weighted by Crippen LogP contribution is 1.98. The summed E-state index contributed by atoms with van der Waals surface area (Å²) in [5, 5.41) is 23.0. The fraction of sp³-hybridized carbons (Fsp3) is 0.857. The molecular formula is C14H30N4O4. The number of rotatable bonds is 11. The van der Waals surface area contributed by atoms with E-state index in [1.807, 2.05) is 0 Å². The molecule has 0 bridgehead atoms. The molecule has 8 heteroatoms. The zero-order chi connectivity index (χ0) is 16.8. The molecule has 22 heavy (non-hydrogen) atoms. The third-order valence-electron chi connectivity index (χ3n) is 3.22. The zero-order valence-electron chi connectivity index (χ0n) is 13.7. The minimum absolute atomic E-state index is 0.0386. The molecule has 4 amide bonds. The molecule has 0 unspecified atom stereocenters. The van der Waals surface area contributed by atoms with E-state index >= 15 is 0 Å². The molecule has 0 atom stereocenters. The van der Waals surface area contributed by atoms with Gasteiger partial charge in [0.25, 0.3) is 0 Å². The Kier molecular flexibility index (Phi) is 12.2.